The molecule has 0 fully saturated rings. The Balaban J connectivity index is 2.97. The fourth-order valence-electron chi connectivity index (χ4n) is 3.32. The van der Waals surface area contributed by atoms with E-state index < -0.39 is 41.8 Å². The lowest BCUT2D eigenvalue weighted by molar-refractivity contribution is -0.139. The molecule has 0 aliphatic rings. The minimum atomic E-state index is -1.11. The highest BCUT2D eigenvalue weighted by Crippen LogP contribution is 2.30. The van der Waals surface area contributed by atoms with E-state index in [1.165, 1.54) is 12.1 Å². The second-order valence-corrected chi connectivity index (χ2v) is 11.5. The average molecular weight is 566 g/mol. The van der Waals surface area contributed by atoms with Crippen LogP contribution in [0.25, 0.3) is 0 Å². The third kappa shape index (κ3) is 14.3. The minimum absolute atomic E-state index is 0.0352. The lowest BCUT2D eigenvalue weighted by Gasteiger charge is -2.24. The summed E-state index contributed by atoms with van der Waals surface area (Å²) in [7, 11) is 0. The molecule has 1 unspecified atom stereocenters. The maximum atomic E-state index is 12.5. The highest BCUT2D eigenvalue weighted by atomic mass is 16.7. The highest BCUT2D eigenvalue weighted by molar-refractivity contribution is 5.77. The van der Waals surface area contributed by atoms with Crippen molar-refractivity contribution in [1.82, 2.24) is 5.32 Å². The molecule has 0 heterocycles. The summed E-state index contributed by atoms with van der Waals surface area (Å²) >= 11 is 0. The Morgan fingerprint density at radius 1 is 0.900 bits per heavy atom. The van der Waals surface area contributed by atoms with Crippen LogP contribution < -0.4 is 14.8 Å². The molecule has 0 amide bonds. The molecule has 226 valence electrons. The standard InChI is InChI=1S/C30H47NO9/c1-9-30(7,8)40-29(36)37-21(6)18-31-23(28(34)35)16-22-12-13-24(38-26(32)14-10-19(2)3)25(17-22)39-27(33)15-11-20(4)5/h12-13,17,19-21,23,31H,9-11,14-16,18H2,1-8H3,(H,34,35)/t21?,23-/m0/s1. The number of benzene rings is 1. The van der Waals surface area contributed by atoms with Gasteiger partial charge in [-0.1, -0.05) is 40.7 Å². The normalized spacial score (nSPS) is 13.1. The smallest absolute Gasteiger partial charge is 0.480 e. The molecule has 1 aromatic carbocycles. The van der Waals surface area contributed by atoms with Gasteiger partial charge in [0.2, 0.25) is 0 Å². The molecular formula is C30H47NO9. The quantitative estimate of drug-likeness (QED) is 0.179. The molecule has 40 heavy (non-hydrogen) atoms. The Morgan fingerprint density at radius 2 is 1.45 bits per heavy atom. The van der Waals surface area contributed by atoms with E-state index in [4.69, 9.17) is 18.9 Å². The predicted octanol–water partition coefficient (Wildman–Crippen LogP) is 5.69. The van der Waals surface area contributed by atoms with Gasteiger partial charge in [-0.2, -0.15) is 0 Å². The van der Waals surface area contributed by atoms with Gasteiger partial charge in [0.1, 0.15) is 17.7 Å². The molecule has 0 aliphatic carbocycles. The second-order valence-electron chi connectivity index (χ2n) is 11.5. The molecule has 2 N–H and O–H groups in total. The Morgan fingerprint density at radius 3 is 1.95 bits per heavy atom. The monoisotopic (exact) mass is 565 g/mol. The number of carboxylic acids is 1. The highest BCUT2D eigenvalue weighted by Gasteiger charge is 2.25. The molecule has 0 saturated heterocycles. The molecule has 2 atom stereocenters. The van der Waals surface area contributed by atoms with Gasteiger partial charge < -0.3 is 29.4 Å². The average Bonchev–Trinajstić information content (AvgIpc) is 2.84. The van der Waals surface area contributed by atoms with Crippen molar-refractivity contribution in [3.05, 3.63) is 23.8 Å². The van der Waals surface area contributed by atoms with Crippen LogP contribution in [0.2, 0.25) is 0 Å². The van der Waals surface area contributed by atoms with Crippen LogP contribution in [0, 0.1) is 11.8 Å². The van der Waals surface area contributed by atoms with E-state index in [0.717, 1.165) is 0 Å². The number of carbonyl (C=O) groups is 4. The first-order valence-corrected chi connectivity index (χ1v) is 14.0. The van der Waals surface area contributed by atoms with Crippen LogP contribution >= 0.6 is 0 Å². The van der Waals surface area contributed by atoms with Gasteiger partial charge in [-0.3, -0.25) is 14.4 Å². The van der Waals surface area contributed by atoms with E-state index >= 15 is 0 Å². The lowest BCUT2D eigenvalue weighted by Crippen LogP contribution is -2.43. The number of aliphatic carboxylic acids is 1. The molecule has 0 bridgehead atoms. The molecule has 1 rings (SSSR count). The first-order chi connectivity index (χ1) is 18.6. The molecule has 10 nitrogen and oxygen atoms in total. The van der Waals surface area contributed by atoms with Crippen molar-refractivity contribution < 1.29 is 43.2 Å². The van der Waals surface area contributed by atoms with Crippen LogP contribution in [0.1, 0.15) is 93.1 Å². The maximum Gasteiger partial charge on any atom is 0.509 e. The number of nitrogens with one attached hydrogen (secondary N) is 1. The number of carbonyl (C=O) groups excluding carboxylic acids is 3. The van der Waals surface area contributed by atoms with Gasteiger partial charge >= 0.3 is 24.1 Å². The number of ether oxygens (including phenoxy) is 4. The van der Waals surface area contributed by atoms with Crippen molar-refractivity contribution >= 4 is 24.1 Å². The van der Waals surface area contributed by atoms with E-state index in [1.807, 2.05) is 34.6 Å². The fourth-order valence-corrected chi connectivity index (χ4v) is 3.32. The Hall–Kier alpha value is -3.14. The van der Waals surface area contributed by atoms with Crippen LogP contribution in [0.5, 0.6) is 11.5 Å². The van der Waals surface area contributed by atoms with Gasteiger partial charge in [-0.25, -0.2) is 4.79 Å². The van der Waals surface area contributed by atoms with Crippen molar-refractivity contribution in [2.45, 2.75) is 112 Å². The van der Waals surface area contributed by atoms with Crippen molar-refractivity contribution in [2.75, 3.05) is 6.54 Å². The summed E-state index contributed by atoms with van der Waals surface area (Å²) in [6.45, 7) is 15.1. The Labute approximate surface area is 238 Å². The molecule has 0 saturated carbocycles. The number of hydrogen-bond acceptors (Lipinski definition) is 9. The van der Waals surface area contributed by atoms with Crippen LogP contribution in [-0.2, 0) is 30.3 Å². The zero-order valence-corrected chi connectivity index (χ0v) is 25.2. The molecule has 10 heteroatoms. The van der Waals surface area contributed by atoms with E-state index in [2.05, 4.69) is 5.32 Å². The maximum absolute atomic E-state index is 12.5. The molecule has 0 spiro atoms. The number of esters is 2. The van der Waals surface area contributed by atoms with Gasteiger partial charge in [0.25, 0.3) is 0 Å². The summed E-state index contributed by atoms with van der Waals surface area (Å²) in [5, 5.41) is 12.7. The summed E-state index contributed by atoms with van der Waals surface area (Å²) in [4.78, 5) is 48.8. The van der Waals surface area contributed by atoms with Gasteiger partial charge in [-0.05, 0) is 76.0 Å². The van der Waals surface area contributed by atoms with E-state index in [-0.39, 0.29) is 37.3 Å². The predicted molar refractivity (Wildman–Crippen MR) is 150 cm³/mol. The first kappa shape index (κ1) is 34.9. The lowest BCUT2D eigenvalue weighted by atomic mass is 10.0. The number of hydrogen-bond donors (Lipinski definition) is 2. The first-order valence-electron chi connectivity index (χ1n) is 14.0. The summed E-state index contributed by atoms with van der Waals surface area (Å²) in [5.41, 5.74) is -0.121. The minimum Gasteiger partial charge on any atom is -0.480 e. The van der Waals surface area contributed by atoms with E-state index in [9.17, 15) is 24.3 Å². The SMILES string of the molecule is CCC(C)(C)OC(=O)OC(C)CN[C@@H](Cc1ccc(OC(=O)CCC(C)C)c(OC(=O)CCC(C)C)c1)C(=O)O. The van der Waals surface area contributed by atoms with Gasteiger partial charge in [0.15, 0.2) is 11.5 Å². The van der Waals surface area contributed by atoms with Crippen molar-refractivity contribution in [1.29, 1.82) is 0 Å². The zero-order valence-electron chi connectivity index (χ0n) is 25.2. The molecular weight excluding hydrogens is 518 g/mol. The van der Waals surface area contributed by atoms with Crippen molar-refractivity contribution in [3.8, 4) is 11.5 Å². The largest absolute Gasteiger partial charge is 0.509 e. The van der Waals surface area contributed by atoms with E-state index in [0.29, 0.717) is 36.7 Å². The third-order valence-corrected chi connectivity index (χ3v) is 6.21. The molecule has 0 aromatic heterocycles. The van der Waals surface area contributed by atoms with Crippen molar-refractivity contribution in [3.63, 3.8) is 0 Å². The molecule has 1 aromatic rings. The van der Waals surface area contributed by atoms with Gasteiger partial charge in [0, 0.05) is 19.4 Å². The third-order valence-electron chi connectivity index (χ3n) is 6.21. The van der Waals surface area contributed by atoms with Crippen LogP contribution in [0.15, 0.2) is 18.2 Å². The summed E-state index contributed by atoms with van der Waals surface area (Å²) < 4.78 is 21.5. The van der Waals surface area contributed by atoms with Crippen LogP contribution in [0.4, 0.5) is 4.79 Å². The molecule has 0 radical (unpaired) electrons. The Kier molecular flexibility index (Phi) is 14.7. The van der Waals surface area contributed by atoms with Crippen LogP contribution in [-0.4, -0.2) is 53.5 Å². The van der Waals surface area contributed by atoms with Crippen LogP contribution in [0.3, 0.4) is 0 Å². The summed E-state index contributed by atoms with van der Waals surface area (Å²) in [6.07, 6.45) is 0.878. The second kappa shape index (κ2) is 16.8. The summed E-state index contributed by atoms with van der Waals surface area (Å²) in [6, 6.07) is 3.61. The Bertz CT molecular complexity index is 987. The molecule has 0 aliphatic heterocycles. The number of carboxylic acid groups (broad SMARTS) is 1. The van der Waals surface area contributed by atoms with Crippen molar-refractivity contribution in [2.24, 2.45) is 11.8 Å². The van der Waals surface area contributed by atoms with Gasteiger partial charge in [-0.15, -0.1) is 0 Å². The van der Waals surface area contributed by atoms with E-state index in [1.54, 1.807) is 26.8 Å². The fraction of sp³-hybridized carbons (Fsp3) is 0.667. The summed E-state index contributed by atoms with van der Waals surface area (Å²) in [5.74, 6) is -1.23. The topological polar surface area (TPSA) is 137 Å². The number of rotatable bonds is 17. The zero-order chi connectivity index (χ0) is 30.5. The van der Waals surface area contributed by atoms with Gasteiger partial charge in [0.05, 0.1) is 0 Å².